The maximum absolute atomic E-state index is 5.75. The van der Waals surface area contributed by atoms with Crippen LogP contribution in [0.25, 0.3) is 0 Å². The molecule has 0 saturated carbocycles. The predicted octanol–water partition coefficient (Wildman–Crippen LogP) is 4.45. The Kier molecular flexibility index (Phi) is 5.66. The number of benzene rings is 1. The van der Waals surface area contributed by atoms with Gasteiger partial charge in [0.2, 0.25) is 0 Å². The van der Waals surface area contributed by atoms with Crippen molar-refractivity contribution in [1.29, 1.82) is 0 Å². The number of hydrogen-bond donors (Lipinski definition) is 1. The number of thiophene rings is 1. The molecule has 0 fully saturated rings. The minimum absolute atomic E-state index is 0.201. The van der Waals surface area contributed by atoms with Crippen LogP contribution in [-0.2, 0) is 0 Å². The van der Waals surface area contributed by atoms with Crippen LogP contribution in [0.1, 0.15) is 31.0 Å². The Labute approximate surface area is 132 Å². The first-order chi connectivity index (χ1) is 9.26. The van der Waals surface area contributed by atoms with Crippen molar-refractivity contribution in [2.75, 3.05) is 13.2 Å². The van der Waals surface area contributed by atoms with Crippen LogP contribution < -0.4 is 10.1 Å². The van der Waals surface area contributed by atoms with Crippen LogP contribution in [0.5, 0.6) is 5.75 Å². The minimum atomic E-state index is 0.201. The fourth-order valence-electron chi connectivity index (χ4n) is 2.09. The molecule has 2 rings (SSSR count). The lowest BCUT2D eigenvalue weighted by atomic mass is 10.0. The molecule has 1 heterocycles. The number of nitrogens with one attached hydrogen (secondary N) is 1. The van der Waals surface area contributed by atoms with Crippen LogP contribution in [0.3, 0.4) is 0 Å². The zero-order valence-electron chi connectivity index (χ0n) is 11.2. The highest BCUT2D eigenvalue weighted by molar-refractivity contribution is 14.1. The molecule has 0 radical (unpaired) electrons. The molecule has 2 aromatic rings. The summed E-state index contributed by atoms with van der Waals surface area (Å²) in [4.78, 5) is 0. The second-order valence-electron chi connectivity index (χ2n) is 4.15. The Morgan fingerprint density at radius 3 is 2.74 bits per heavy atom. The summed E-state index contributed by atoms with van der Waals surface area (Å²) in [6.45, 7) is 5.77. The molecule has 1 atom stereocenters. The van der Waals surface area contributed by atoms with E-state index in [0.717, 1.165) is 12.3 Å². The molecular weight excluding hydrogens is 369 g/mol. The van der Waals surface area contributed by atoms with E-state index in [1.165, 1.54) is 14.0 Å². The Bertz CT molecular complexity index is 526. The minimum Gasteiger partial charge on any atom is -0.494 e. The third-order valence-electron chi connectivity index (χ3n) is 2.86. The third kappa shape index (κ3) is 3.70. The van der Waals surface area contributed by atoms with E-state index in [2.05, 4.69) is 58.4 Å². The van der Waals surface area contributed by atoms with E-state index in [0.29, 0.717) is 6.61 Å². The van der Waals surface area contributed by atoms with Gasteiger partial charge in [-0.2, -0.15) is 0 Å². The summed E-state index contributed by atoms with van der Waals surface area (Å²) in [6.07, 6.45) is 0. The van der Waals surface area contributed by atoms with Crippen molar-refractivity contribution >= 4 is 33.9 Å². The van der Waals surface area contributed by atoms with Crippen molar-refractivity contribution in [2.45, 2.75) is 19.9 Å². The maximum atomic E-state index is 5.75. The second-order valence-corrected chi connectivity index (χ2v) is 6.95. The predicted molar refractivity (Wildman–Crippen MR) is 90.2 cm³/mol. The summed E-state index contributed by atoms with van der Waals surface area (Å²) in [5.41, 5.74) is 2.52. The van der Waals surface area contributed by atoms with Gasteiger partial charge in [-0.25, -0.2) is 0 Å². The van der Waals surface area contributed by atoms with Gasteiger partial charge < -0.3 is 10.1 Å². The van der Waals surface area contributed by atoms with Crippen molar-refractivity contribution in [3.63, 3.8) is 0 Å². The molecule has 19 heavy (non-hydrogen) atoms. The van der Waals surface area contributed by atoms with Crippen LogP contribution in [0.2, 0.25) is 0 Å². The van der Waals surface area contributed by atoms with Gasteiger partial charge in [0.1, 0.15) is 5.75 Å². The summed E-state index contributed by atoms with van der Waals surface area (Å²) >= 11 is 4.14. The Balaban J connectivity index is 2.38. The molecule has 0 amide bonds. The van der Waals surface area contributed by atoms with E-state index >= 15 is 0 Å². The van der Waals surface area contributed by atoms with Crippen molar-refractivity contribution < 1.29 is 4.74 Å². The summed E-state index contributed by atoms with van der Waals surface area (Å²) in [7, 11) is 0. The first kappa shape index (κ1) is 14.8. The van der Waals surface area contributed by atoms with Gasteiger partial charge in [-0.15, -0.1) is 11.3 Å². The van der Waals surface area contributed by atoms with Gasteiger partial charge in [-0.1, -0.05) is 25.1 Å². The van der Waals surface area contributed by atoms with Crippen LogP contribution in [-0.4, -0.2) is 13.2 Å². The highest BCUT2D eigenvalue weighted by atomic mass is 127. The number of ether oxygens (including phenoxy) is 1. The molecule has 1 N–H and O–H groups in total. The van der Waals surface area contributed by atoms with Crippen molar-refractivity contribution in [3.05, 3.63) is 49.7 Å². The van der Waals surface area contributed by atoms with E-state index < -0.39 is 0 Å². The second kappa shape index (κ2) is 7.26. The van der Waals surface area contributed by atoms with Gasteiger partial charge in [0.25, 0.3) is 0 Å². The topological polar surface area (TPSA) is 21.3 Å². The lowest BCUT2D eigenvalue weighted by Crippen LogP contribution is -2.22. The van der Waals surface area contributed by atoms with Crippen molar-refractivity contribution in [2.24, 2.45) is 0 Å². The molecule has 4 heteroatoms. The van der Waals surface area contributed by atoms with Crippen LogP contribution in [0.4, 0.5) is 0 Å². The Morgan fingerprint density at radius 2 is 2.11 bits per heavy atom. The number of para-hydroxylation sites is 1. The lowest BCUT2D eigenvalue weighted by Gasteiger charge is -2.20. The summed E-state index contributed by atoms with van der Waals surface area (Å²) in [6, 6.07) is 10.7. The summed E-state index contributed by atoms with van der Waals surface area (Å²) < 4.78 is 7.06. The monoisotopic (exact) mass is 387 g/mol. The SMILES string of the molecule is CCNC(c1csc(I)c1)c1ccccc1OCC. The van der Waals surface area contributed by atoms with Gasteiger partial charge in [-0.3, -0.25) is 0 Å². The Morgan fingerprint density at radius 1 is 1.32 bits per heavy atom. The smallest absolute Gasteiger partial charge is 0.124 e. The normalized spacial score (nSPS) is 12.4. The molecule has 2 nitrogen and oxygen atoms in total. The maximum Gasteiger partial charge on any atom is 0.124 e. The van der Waals surface area contributed by atoms with E-state index in [1.54, 1.807) is 11.3 Å². The average molecular weight is 387 g/mol. The molecule has 1 aromatic heterocycles. The molecule has 0 aliphatic carbocycles. The fraction of sp³-hybridized carbons (Fsp3) is 0.333. The molecule has 0 spiro atoms. The molecular formula is C15H18INOS. The summed E-state index contributed by atoms with van der Waals surface area (Å²) in [5, 5.41) is 5.77. The molecule has 0 saturated heterocycles. The van der Waals surface area contributed by atoms with Crippen LogP contribution in [0, 0.1) is 2.88 Å². The first-order valence-corrected chi connectivity index (χ1v) is 8.41. The zero-order chi connectivity index (χ0) is 13.7. The van der Waals surface area contributed by atoms with E-state index in [4.69, 9.17) is 4.74 Å². The number of rotatable bonds is 6. The molecule has 0 bridgehead atoms. The van der Waals surface area contributed by atoms with Crippen molar-refractivity contribution in [1.82, 2.24) is 5.32 Å². The van der Waals surface area contributed by atoms with Gasteiger partial charge in [-0.05, 0) is 59.1 Å². The van der Waals surface area contributed by atoms with E-state index in [-0.39, 0.29) is 6.04 Å². The third-order valence-corrected chi connectivity index (χ3v) is 4.67. The first-order valence-electron chi connectivity index (χ1n) is 6.45. The number of halogens is 1. The average Bonchev–Trinajstić information content (AvgIpc) is 2.84. The van der Waals surface area contributed by atoms with Crippen molar-refractivity contribution in [3.8, 4) is 5.75 Å². The van der Waals surface area contributed by atoms with E-state index in [1.807, 2.05) is 19.1 Å². The van der Waals surface area contributed by atoms with Gasteiger partial charge >= 0.3 is 0 Å². The Hall–Kier alpha value is -0.590. The quantitative estimate of drug-likeness (QED) is 0.740. The van der Waals surface area contributed by atoms with Gasteiger partial charge in [0.05, 0.1) is 15.5 Å². The standard InChI is InChI=1S/C15H18INOS/c1-3-17-15(11-9-14(16)19-10-11)12-7-5-6-8-13(12)18-4-2/h5-10,15,17H,3-4H2,1-2H3. The van der Waals surface area contributed by atoms with E-state index in [9.17, 15) is 0 Å². The largest absolute Gasteiger partial charge is 0.494 e. The summed E-state index contributed by atoms with van der Waals surface area (Å²) in [5.74, 6) is 0.970. The molecule has 1 aromatic carbocycles. The molecule has 102 valence electrons. The van der Waals surface area contributed by atoms with Gasteiger partial charge in [0, 0.05) is 5.56 Å². The molecule has 0 aliphatic rings. The fourth-order valence-corrected chi connectivity index (χ4v) is 3.49. The molecule has 1 unspecified atom stereocenters. The number of hydrogen-bond acceptors (Lipinski definition) is 3. The zero-order valence-corrected chi connectivity index (χ0v) is 14.1. The van der Waals surface area contributed by atoms with Gasteiger partial charge in [0.15, 0.2) is 0 Å². The van der Waals surface area contributed by atoms with Crippen LogP contribution in [0.15, 0.2) is 35.7 Å². The highest BCUT2D eigenvalue weighted by Gasteiger charge is 2.18. The van der Waals surface area contributed by atoms with Crippen LogP contribution >= 0.6 is 33.9 Å². The lowest BCUT2D eigenvalue weighted by molar-refractivity contribution is 0.333. The molecule has 0 aliphatic heterocycles. The highest BCUT2D eigenvalue weighted by Crippen LogP contribution is 2.32.